The molecule has 0 atom stereocenters. The fourth-order valence-corrected chi connectivity index (χ4v) is 2.06. The molecule has 1 aromatic rings. The lowest BCUT2D eigenvalue weighted by Gasteiger charge is -2.19. The summed E-state index contributed by atoms with van der Waals surface area (Å²) in [6.07, 6.45) is 6.02. The highest BCUT2D eigenvalue weighted by Crippen LogP contribution is 2.31. The second-order valence-corrected chi connectivity index (χ2v) is 5.06. The lowest BCUT2D eigenvalue weighted by Crippen LogP contribution is -2.32. The van der Waals surface area contributed by atoms with Crippen LogP contribution in [0.15, 0.2) is 49.1 Å². The summed E-state index contributed by atoms with van der Waals surface area (Å²) < 4.78 is 0. The van der Waals surface area contributed by atoms with E-state index in [1.54, 1.807) is 6.08 Å². The number of carbonyl (C=O) groups excluding carboxylic acids is 1. The lowest BCUT2D eigenvalue weighted by atomic mass is 10.1. The van der Waals surface area contributed by atoms with Gasteiger partial charge in [-0.05, 0) is 30.9 Å². The molecule has 19 heavy (non-hydrogen) atoms. The summed E-state index contributed by atoms with van der Waals surface area (Å²) in [4.78, 5) is 14.0. The Morgan fingerprint density at radius 3 is 2.58 bits per heavy atom. The van der Waals surface area contributed by atoms with Crippen LogP contribution in [0.25, 0.3) is 5.57 Å². The number of carbonyl (C=O) groups is 1. The predicted octanol–water partition coefficient (Wildman–Crippen LogP) is 3.51. The molecule has 1 aliphatic carbocycles. The summed E-state index contributed by atoms with van der Waals surface area (Å²) >= 11 is 0. The Labute approximate surface area is 115 Å². The first-order chi connectivity index (χ1) is 9.22. The molecule has 1 amide bonds. The number of rotatable bonds is 6. The first-order valence-electron chi connectivity index (χ1n) is 6.84. The smallest absolute Gasteiger partial charge is 0.226 e. The number of benzene rings is 1. The van der Waals surface area contributed by atoms with Gasteiger partial charge in [0, 0.05) is 19.0 Å². The van der Waals surface area contributed by atoms with Crippen LogP contribution >= 0.6 is 0 Å². The summed E-state index contributed by atoms with van der Waals surface area (Å²) in [7, 11) is 0. The zero-order chi connectivity index (χ0) is 13.7. The van der Waals surface area contributed by atoms with Crippen molar-refractivity contribution in [1.29, 1.82) is 0 Å². The van der Waals surface area contributed by atoms with Gasteiger partial charge in [0.05, 0.1) is 0 Å². The normalized spacial score (nSPS) is 15.1. The van der Waals surface area contributed by atoms with Crippen molar-refractivity contribution in [2.24, 2.45) is 5.92 Å². The van der Waals surface area contributed by atoms with Crippen molar-refractivity contribution in [2.45, 2.75) is 19.8 Å². The number of nitrogens with zero attached hydrogens (tertiary/aromatic N) is 1. The maximum Gasteiger partial charge on any atom is 0.226 e. The van der Waals surface area contributed by atoms with Crippen LogP contribution < -0.4 is 0 Å². The number of hydrogen-bond donors (Lipinski definition) is 0. The van der Waals surface area contributed by atoms with Crippen molar-refractivity contribution in [1.82, 2.24) is 4.90 Å². The summed E-state index contributed by atoms with van der Waals surface area (Å²) in [5.74, 6) is 0.544. The first-order valence-corrected chi connectivity index (χ1v) is 6.84. The standard InChI is InChI=1S/C17H21NO/c1-3-12-18(17(19)16-9-10-16)13-11-14(2)15-7-5-4-6-8-15/h3-8,11,16H,1,9-10,12-13H2,2H3/b14-11+. The van der Waals surface area contributed by atoms with Gasteiger partial charge in [-0.15, -0.1) is 6.58 Å². The molecule has 0 N–H and O–H groups in total. The molecule has 1 aromatic carbocycles. The van der Waals surface area contributed by atoms with Gasteiger partial charge >= 0.3 is 0 Å². The third-order valence-corrected chi connectivity index (χ3v) is 3.43. The fraction of sp³-hybridized carbons (Fsp3) is 0.353. The van der Waals surface area contributed by atoms with Gasteiger partial charge < -0.3 is 4.90 Å². The molecule has 1 aliphatic rings. The summed E-state index contributed by atoms with van der Waals surface area (Å²) in [5.41, 5.74) is 2.41. The van der Waals surface area contributed by atoms with Gasteiger partial charge in [-0.25, -0.2) is 0 Å². The van der Waals surface area contributed by atoms with E-state index in [1.165, 1.54) is 11.1 Å². The van der Waals surface area contributed by atoms with Crippen LogP contribution in [0.1, 0.15) is 25.3 Å². The molecule has 0 saturated heterocycles. The Kier molecular flexibility index (Phi) is 4.56. The molecule has 0 bridgehead atoms. The van der Waals surface area contributed by atoms with Crippen molar-refractivity contribution < 1.29 is 4.79 Å². The third-order valence-electron chi connectivity index (χ3n) is 3.43. The highest BCUT2D eigenvalue weighted by Gasteiger charge is 2.32. The topological polar surface area (TPSA) is 20.3 Å². The van der Waals surface area contributed by atoms with Crippen LogP contribution in [0.2, 0.25) is 0 Å². The Balaban J connectivity index is 2.01. The monoisotopic (exact) mass is 255 g/mol. The Hall–Kier alpha value is -1.83. The van der Waals surface area contributed by atoms with Gasteiger partial charge in [-0.1, -0.05) is 42.5 Å². The van der Waals surface area contributed by atoms with E-state index in [0.29, 0.717) is 13.1 Å². The molecule has 0 aromatic heterocycles. The fourth-order valence-electron chi connectivity index (χ4n) is 2.06. The highest BCUT2D eigenvalue weighted by molar-refractivity contribution is 5.81. The zero-order valence-electron chi connectivity index (χ0n) is 11.5. The predicted molar refractivity (Wildman–Crippen MR) is 79.6 cm³/mol. The van der Waals surface area contributed by atoms with Crippen molar-refractivity contribution in [3.05, 3.63) is 54.6 Å². The van der Waals surface area contributed by atoms with Crippen LogP contribution in [-0.4, -0.2) is 23.9 Å². The minimum Gasteiger partial charge on any atom is -0.335 e. The van der Waals surface area contributed by atoms with Crippen LogP contribution in [0.4, 0.5) is 0 Å². The second-order valence-electron chi connectivity index (χ2n) is 5.06. The van der Waals surface area contributed by atoms with Crippen LogP contribution in [0, 0.1) is 5.92 Å². The number of allylic oxidation sites excluding steroid dienone is 1. The Morgan fingerprint density at radius 1 is 1.32 bits per heavy atom. The highest BCUT2D eigenvalue weighted by atomic mass is 16.2. The van der Waals surface area contributed by atoms with Gasteiger partial charge in [0.2, 0.25) is 5.91 Å². The maximum absolute atomic E-state index is 12.1. The molecule has 2 heteroatoms. The molecule has 100 valence electrons. The van der Waals surface area contributed by atoms with E-state index in [2.05, 4.69) is 31.7 Å². The Bertz CT molecular complexity index is 471. The quantitative estimate of drug-likeness (QED) is 0.712. The van der Waals surface area contributed by atoms with Crippen molar-refractivity contribution in [3.63, 3.8) is 0 Å². The SMILES string of the molecule is C=CCN(C/C=C(\C)c1ccccc1)C(=O)C1CC1. The largest absolute Gasteiger partial charge is 0.335 e. The van der Waals surface area contributed by atoms with Gasteiger partial charge in [-0.2, -0.15) is 0 Å². The van der Waals surface area contributed by atoms with E-state index >= 15 is 0 Å². The first kappa shape index (κ1) is 13.6. The molecule has 0 unspecified atom stereocenters. The van der Waals surface area contributed by atoms with Crippen LogP contribution in [0.3, 0.4) is 0 Å². The van der Waals surface area contributed by atoms with E-state index in [4.69, 9.17) is 0 Å². The number of hydrogen-bond acceptors (Lipinski definition) is 1. The summed E-state index contributed by atoms with van der Waals surface area (Å²) in [6.45, 7) is 7.12. The molecule has 0 aliphatic heterocycles. The van der Waals surface area contributed by atoms with Gasteiger partial charge in [0.25, 0.3) is 0 Å². The molecule has 1 fully saturated rings. The minimum atomic E-state index is 0.269. The number of amides is 1. The molecule has 0 radical (unpaired) electrons. The maximum atomic E-state index is 12.1. The van der Waals surface area contributed by atoms with E-state index in [-0.39, 0.29) is 11.8 Å². The van der Waals surface area contributed by atoms with Gasteiger partial charge in [-0.3, -0.25) is 4.79 Å². The minimum absolute atomic E-state index is 0.269. The van der Waals surface area contributed by atoms with Crippen LogP contribution in [0.5, 0.6) is 0 Å². The lowest BCUT2D eigenvalue weighted by molar-refractivity contribution is -0.131. The molecule has 0 heterocycles. The van der Waals surface area contributed by atoms with Crippen molar-refractivity contribution in [2.75, 3.05) is 13.1 Å². The Morgan fingerprint density at radius 2 is 2.00 bits per heavy atom. The van der Waals surface area contributed by atoms with Crippen molar-refractivity contribution >= 4 is 11.5 Å². The third kappa shape index (κ3) is 3.82. The molecular weight excluding hydrogens is 234 g/mol. The van der Waals surface area contributed by atoms with Gasteiger partial charge in [0.15, 0.2) is 0 Å². The van der Waals surface area contributed by atoms with Crippen molar-refractivity contribution in [3.8, 4) is 0 Å². The molecule has 2 nitrogen and oxygen atoms in total. The van der Waals surface area contributed by atoms with E-state index in [9.17, 15) is 4.79 Å². The summed E-state index contributed by atoms with van der Waals surface area (Å²) in [6, 6.07) is 10.3. The second kappa shape index (κ2) is 6.37. The van der Waals surface area contributed by atoms with Gasteiger partial charge in [0.1, 0.15) is 0 Å². The average molecular weight is 255 g/mol. The summed E-state index contributed by atoms with van der Waals surface area (Å²) in [5, 5.41) is 0. The van der Waals surface area contributed by atoms with E-state index in [0.717, 1.165) is 12.8 Å². The molecule has 2 rings (SSSR count). The zero-order valence-corrected chi connectivity index (χ0v) is 11.5. The molecule has 1 saturated carbocycles. The average Bonchev–Trinajstić information content (AvgIpc) is 3.28. The molecular formula is C17H21NO. The van der Waals surface area contributed by atoms with E-state index < -0.39 is 0 Å². The van der Waals surface area contributed by atoms with Crippen LogP contribution in [-0.2, 0) is 4.79 Å². The van der Waals surface area contributed by atoms with E-state index in [1.807, 2.05) is 23.1 Å². The molecule has 0 spiro atoms.